The summed E-state index contributed by atoms with van der Waals surface area (Å²) in [5.74, 6) is 1.59. The van der Waals surface area contributed by atoms with Crippen LogP contribution < -0.4 is 5.32 Å². The number of carbonyl (C=O) groups excluding carboxylic acids is 1. The maximum absolute atomic E-state index is 12.2. The Morgan fingerprint density at radius 2 is 2.00 bits per heavy atom. The van der Waals surface area contributed by atoms with Gasteiger partial charge in [-0.2, -0.15) is 4.98 Å². The van der Waals surface area contributed by atoms with Crippen molar-refractivity contribution in [2.75, 3.05) is 5.32 Å². The van der Waals surface area contributed by atoms with Gasteiger partial charge in [-0.05, 0) is 49.2 Å². The van der Waals surface area contributed by atoms with Crippen molar-refractivity contribution in [1.82, 2.24) is 15.1 Å². The van der Waals surface area contributed by atoms with Crippen molar-refractivity contribution in [3.05, 3.63) is 65.3 Å². The number of fused-ring (bicyclic) bond motifs is 1. The molecular weight excluding hydrogens is 404 g/mol. The largest absolute Gasteiger partial charge is 0.339 e. The Labute approximate surface area is 176 Å². The summed E-state index contributed by atoms with van der Waals surface area (Å²) in [7, 11) is 0. The lowest BCUT2D eigenvalue weighted by molar-refractivity contribution is -0.116. The molecule has 0 aliphatic heterocycles. The van der Waals surface area contributed by atoms with Gasteiger partial charge in [-0.15, -0.1) is 11.3 Å². The summed E-state index contributed by atoms with van der Waals surface area (Å²) in [6.07, 6.45) is 0.703. The number of aromatic nitrogens is 3. The molecule has 0 spiro atoms. The second-order valence-corrected chi connectivity index (χ2v) is 8.94. The normalized spacial score (nSPS) is 11.1. The Balaban J connectivity index is 1.27. The molecule has 8 heteroatoms. The summed E-state index contributed by atoms with van der Waals surface area (Å²) in [5.41, 5.74) is 4.15. The number of amides is 1. The average molecular weight is 425 g/mol. The van der Waals surface area contributed by atoms with E-state index in [1.54, 1.807) is 23.1 Å². The zero-order valence-electron chi connectivity index (χ0n) is 16.1. The molecule has 1 amide bonds. The van der Waals surface area contributed by atoms with Gasteiger partial charge in [-0.25, -0.2) is 4.98 Å². The molecule has 4 aromatic rings. The molecule has 0 saturated carbocycles. The van der Waals surface area contributed by atoms with Gasteiger partial charge in [0.15, 0.2) is 10.2 Å². The van der Waals surface area contributed by atoms with Crippen LogP contribution in [0.4, 0.5) is 5.69 Å². The summed E-state index contributed by atoms with van der Waals surface area (Å²) < 4.78 is 7.42. The number of nitrogens with zero attached hydrogens (tertiary/aromatic N) is 3. The Morgan fingerprint density at radius 3 is 2.83 bits per heavy atom. The van der Waals surface area contributed by atoms with E-state index in [2.05, 4.69) is 26.5 Å². The number of aryl methyl sites for hydroxylation is 3. The van der Waals surface area contributed by atoms with Crippen LogP contribution in [0.5, 0.6) is 0 Å². The molecule has 2 aromatic heterocycles. The third kappa shape index (κ3) is 5.02. The zero-order valence-corrected chi connectivity index (χ0v) is 17.8. The number of thioether (sulfide) groups is 1. The highest BCUT2D eigenvalue weighted by molar-refractivity contribution is 8.00. The molecular formula is C21H20N4O2S2. The first-order valence-electron chi connectivity index (χ1n) is 9.24. The van der Waals surface area contributed by atoms with E-state index < -0.39 is 0 Å². The van der Waals surface area contributed by atoms with E-state index in [9.17, 15) is 4.79 Å². The summed E-state index contributed by atoms with van der Waals surface area (Å²) in [5, 5.41) is 6.91. The van der Waals surface area contributed by atoms with Crippen molar-refractivity contribution < 1.29 is 9.32 Å². The Bertz CT molecular complexity index is 1120. The van der Waals surface area contributed by atoms with Gasteiger partial charge in [-0.3, -0.25) is 4.79 Å². The molecule has 29 heavy (non-hydrogen) atoms. The van der Waals surface area contributed by atoms with Crippen molar-refractivity contribution in [3.8, 4) is 0 Å². The van der Waals surface area contributed by atoms with Gasteiger partial charge in [0.05, 0.1) is 16.0 Å². The number of rotatable bonds is 7. The molecule has 0 aliphatic carbocycles. The number of para-hydroxylation sites is 1. The lowest BCUT2D eigenvalue weighted by atomic mass is 10.1. The number of benzene rings is 2. The highest BCUT2D eigenvalue weighted by Crippen LogP contribution is 2.30. The van der Waals surface area contributed by atoms with E-state index in [1.807, 2.05) is 50.2 Å². The SMILES string of the molecule is Cc1ccc(NC(=O)CCc2nc(CSc3nc4ccccc4s3)no2)cc1C. The Kier molecular flexibility index (Phi) is 5.92. The fourth-order valence-corrected chi connectivity index (χ4v) is 4.66. The molecule has 0 fully saturated rings. The number of anilines is 1. The third-order valence-electron chi connectivity index (χ3n) is 4.47. The van der Waals surface area contributed by atoms with Crippen molar-refractivity contribution in [3.63, 3.8) is 0 Å². The smallest absolute Gasteiger partial charge is 0.227 e. The van der Waals surface area contributed by atoms with E-state index in [1.165, 1.54) is 10.3 Å². The van der Waals surface area contributed by atoms with Gasteiger partial charge >= 0.3 is 0 Å². The first-order chi connectivity index (χ1) is 14.1. The molecule has 0 bridgehead atoms. The minimum absolute atomic E-state index is 0.0724. The van der Waals surface area contributed by atoms with E-state index >= 15 is 0 Å². The van der Waals surface area contributed by atoms with Crippen LogP contribution in [0.3, 0.4) is 0 Å². The average Bonchev–Trinajstić information content (AvgIpc) is 3.34. The predicted molar refractivity (Wildman–Crippen MR) is 116 cm³/mol. The second kappa shape index (κ2) is 8.75. The molecule has 2 aromatic carbocycles. The summed E-state index contributed by atoms with van der Waals surface area (Å²) in [4.78, 5) is 21.1. The number of hydrogen-bond donors (Lipinski definition) is 1. The van der Waals surface area contributed by atoms with Gasteiger partial charge in [0, 0.05) is 18.5 Å². The second-order valence-electron chi connectivity index (χ2n) is 6.69. The standard InChI is InChI=1S/C21H20N4O2S2/c1-13-7-8-15(11-14(13)2)22-19(26)9-10-20-24-18(25-27-20)12-28-21-23-16-5-3-4-6-17(16)29-21/h3-8,11H,9-10,12H2,1-2H3,(H,22,26). The third-order valence-corrected chi connectivity index (χ3v) is 6.64. The van der Waals surface area contributed by atoms with Crippen LogP contribution in [0.15, 0.2) is 51.3 Å². The maximum Gasteiger partial charge on any atom is 0.227 e. The minimum Gasteiger partial charge on any atom is -0.339 e. The van der Waals surface area contributed by atoms with Gasteiger partial charge in [0.2, 0.25) is 11.8 Å². The van der Waals surface area contributed by atoms with Crippen molar-refractivity contribution >= 4 is 44.9 Å². The van der Waals surface area contributed by atoms with Gasteiger partial charge in [0.25, 0.3) is 0 Å². The van der Waals surface area contributed by atoms with Gasteiger partial charge in [-0.1, -0.05) is 35.1 Å². The molecule has 0 saturated heterocycles. The monoisotopic (exact) mass is 424 g/mol. The van der Waals surface area contributed by atoms with E-state index in [-0.39, 0.29) is 5.91 Å². The first-order valence-corrected chi connectivity index (χ1v) is 11.0. The fourth-order valence-electron chi connectivity index (χ4n) is 2.75. The molecule has 1 N–H and O–H groups in total. The Morgan fingerprint density at radius 1 is 1.14 bits per heavy atom. The van der Waals surface area contributed by atoms with E-state index in [0.717, 1.165) is 21.1 Å². The predicted octanol–water partition coefficient (Wildman–Crippen LogP) is 5.16. The summed E-state index contributed by atoms with van der Waals surface area (Å²) in [6.45, 7) is 4.07. The highest BCUT2D eigenvalue weighted by Gasteiger charge is 2.11. The molecule has 4 rings (SSSR count). The van der Waals surface area contributed by atoms with Gasteiger partial charge in [0.1, 0.15) is 0 Å². The van der Waals surface area contributed by atoms with Crippen LogP contribution in [0, 0.1) is 13.8 Å². The lowest BCUT2D eigenvalue weighted by Gasteiger charge is -2.06. The van der Waals surface area contributed by atoms with Crippen LogP contribution in [0.2, 0.25) is 0 Å². The quantitative estimate of drug-likeness (QED) is 0.413. The maximum atomic E-state index is 12.2. The number of hydrogen-bond acceptors (Lipinski definition) is 7. The van der Waals surface area contributed by atoms with Crippen LogP contribution in [-0.4, -0.2) is 21.0 Å². The molecule has 0 radical (unpaired) electrons. The topological polar surface area (TPSA) is 80.9 Å². The van der Waals surface area contributed by atoms with Crippen LogP contribution in [0.25, 0.3) is 10.2 Å². The summed E-state index contributed by atoms with van der Waals surface area (Å²) >= 11 is 3.24. The van der Waals surface area contributed by atoms with E-state index in [0.29, 0.717) is 30.3 Å². The summed E-state index contributed by atoms with van der Waals surface area (Å²) in [6, 6.07) is 13.9. The number of thiazole rings is 1. The number of nitrogens with one attached hydrogen (secondary N) is 1. The van der Waals surface area contributed by atoms with Crippen LogP contribution >= 0.6 is 23.1 Å². The van der Waals surface area contributed by atoms with Crippen LogP contribution in [-0.2, 0) is 17.0 Å². The molecule has 2 heterocycles. The number of carbonyl (C=O) groups is 1. The molecule has 148 valence electrons. The van der Waals surface area contributed by atoms with Crippen LogP contribution in [0.1, 0.15) is 29.3 Å². The van der Waals surface area contributed by atoms with Gasteiger partial charge < -0.3 is 9.84 Å². The Hall–Kier alpha value is -2.71. The van der Waals surface area contributed by atoms with Crippen molar-refractivity contribution in [2.45, 2.75) is 36.8 Å². The molecule has 0 unspecified atom stereocenters. The minimum atomic E-state index is -0.0724. The molecule has 0 aliphatic rings. The van der Waals surface area contributed by atoms with Crippen molar-refractivity contribution in [2.24, 2.45) is 0 Å². The van der Waals surface area contributed by atoms with Crippen molar-refractivity contribution in [1.29, 1.82) is 0 Å². The highest BCUT2D eigenvalue weighted by atomic mass is 32.2. The zero-order chi connectivity index (χ0) is 20.2. The lowest BCUT2D eigenvalue weighted by Crippen LogP contribution is -2.12. The molecule has 0 atom stereocenters. The molecule has 6 nitrogen and oxygen atoms in total. The first kappa shape index (κ1) is 19.6. The van der Waals surface area contributed by atoms with E-state index in [4.69, 9.17) is 4.52 Å². The fraction of sp³-hybridized carbons (Fsp3) is 0.238.